The minimum atomic E-state index is 0.659. The quantitative estimate of drug-likeness (QED) is 0.827. The summed E-state index contributed by atoms with van der Waals surface area (Å²) in [6.07, 6.45) is 4.73. The van der Waals surface area contributed by atoms with Crippen LogP contribution in [0.25, 0.3) is 0 Å². The fourth-order valence-corrected chi connectivity index (χ4v) is 4.51. The lowest BCUT2D eigenvalue weighted by atomic mass is 9.94. The molecule has 140 valence electrons. The topological polar surface area (TPSA) is 33.5 Å². The van der Waals surface area contributed by atoms with Crippen molar-refractivity contribution >= 4 is 0 Å². The largest absolute Gasteiger partial charge is 0.497 e. The molecular formula is C21H30N4O. The molecular weight excluding hydrogens is 324 g/mol. The zero-order chi connectivity index (χ0) is 18.1. The molecule has 3 fully saturated rings. The second-order valence-corrected chi connectivity index (χ2v) is 7.95. The van der Waals surface area contributed by atoms with Crippen molar-refractivity contribution in [1.82, 2.24) is 19.6 Å². The van der Waals surface area contributed by atoms with Crippen LogP contribution < -0.4 is 4.74 Å². The molecule has 0 spiro atoms. The van der Waals surface area contributed by atoms with E-state index >= 15 is 0 Å². The molecule has 5 heteroatoms. The van der Waals surface area contributed by atoms with Gasteiger partial charge in [-0.15, -0.1) is 0 Å². The van der Waals surface area contributed by atoms with Crippen molar-refractivity contribution in [3.8, 4) is 5.75 Å². The van der Waals surface area contributed by atoms with Crippen molar-refractivity contribution in [1.29, 1.82) is 0 Å². The Bertz CT molecular complexity index is 739. The Labute approximate surface area is 156 Å². The van der Waals surface area contributed by atoms with Crippen LogP contribution in [0.3, 0.4) is 0 Å². The molecule has 0 aliphatic carbocycles. The molecule has 0 amide bonds. The number of fused-ring (bicyclic) bond motifs is 4. The highest BCUT2D eigenvalue weighted by Crippen LogP contribution is 2.30. The number of hydrogen-bond acceptors (Lipinski definition) is 4. The lowest BCUT2D eigenvalue weighted by molar-refractivity contribution is 0.123. The molecule has 3 aliphatic rings. The standard InChI is InChI=1S/C21H30N4O/c1-16-19(10-22-23(16)2)14-25-13-18-4-7-20(25)15-24(12-18)11-17-5-8-21(26-3)9-6-17/h5-6,8-10,18,20H,4,7,11-15H2,1-3H3/t18-,20+/m0/s1. The van der Waals surface area contributed by atoms with E-state index in [1.807, 2.05) is 17.9 Å². The molecule has 5 rings (SSSR count). The molecule has 0 radical (unpaired) electrons. The molecule has 0 N–H and O–H groups in total. The van der Waals surface area contributed by atoms with Crippen molar-refractivity contribution in [2.75, 3.05) is 26.7 Å². The molecule has 2 bridgehead atoms. The zero-order valence-electron chi connectivity index (χ0n) is 16.2. The van der Waals surface area contributed by atoms with Crippen molar-refractivity contribution in [2.45, 2.75) is 38.9 Å². The summed E-state index contributed by atoms with van der Waals surface area (Å²) in [6.45, 7) is 7.85. The molecule has 2 aromatic rings. The predicted octanol–water partition coefficient (Wildman–Crippen LogP) is 2.83. The Morgan fingerprint density at radius 1 is 1.08 bits per heavy atom. The van der Waals surface area contributed by atoms with Gasteiger partial charge in [0.15, 0.2) is 0 Å². The van der Waals surface area contributed by atoms with E-state index in [1.165, 1.54) is 49.3 Å². The Balaban J connectivity index is 1.43. The summed E-state index contributed by atoms with van der Waals surface area (Å²) in [7, 11) is 3.75. The third kappa shape index (κ3) is 3.64. The van der Waals surface area contributed by atoms with Crippen LogP contribution in [0.5, 0.6) is 5.75 Å². The van der Waals surface area contributed by atoms with E-state index in [0.717, 1.165) is 24.8 Å². The second-order valence-electron chi connectivity index (χ2n) is 7.95. The van der Waals surface area contributed by atoms with Crippen LogP contribution in [0, 0.1) is 12.8 Å². The monoisotopic (exact) mass is 354 g/mol. The molecule has 3 saturated heterocycles. The molecule has 1 aromatic heterocycles. The van der Waals surface area contributed by atoms with E-state index in [2.05, 4.69) is 46.1 Å². The van der Waals surface area contributed by atoms with Gasteiger partial charge in [-0.05, 0) is 43.4 Å². The molecule has 4 heterocycles. The maximum Gasteiger partial charge on any atom is 0.118 e. The first-order valence-electron chi connectivity index (χ1n) is 9.69. The first-order chi connectivity index (χ1) is 12.6. The van der Waals surface area contributed by atoms with Crippen LogP contribution in [0.15, 0.2) is 30.5 Å². The van der Waals surface area contributed by atoms with Gasteiger partial charge in [-0.2, -0.15) is 5.10 Å². The first kappa shape index (κ1) is 17.6. The third-order valence-electron chi connectivity index (χ3n) is 6.18. The maximum atomic E-state index is 5.28. The van der Waals surface area contributed by atoms with E-state index in [-0.39, 0.29) is 0 Å². The maximum absolute atomic E-state index is 5.28. The number of hydrogen-bond donors (Lipinski definition) is 0. The summed E-state index contributed by atoms with van der Waals surface area (Å²) in [5.41, 5.74) is 4.05. The number of benzene rings is 1. The normalized spacial score (nSPS) is 24.0. The first-order valence-corrected chi connectivity index (χ1v) is 9.69. The predicted molar refractivity (Wildman–Crippen MR) is 103 cm³/mol. The molecule has 0 saturated carbocycles. The molecule has 2 atom stereocenters. The molecule has 26 heavy (non-hydrogen) atoms. The summed E-state index contributed by atoms with van der Waals surface area (Å²) >= 11 is 0. The van der Waals surface area contributed by atoms with E-state index in [0.29, 0.717) is 6.04 Å². The number of rotatable bonds is 5. The Kier molecular flexibility index (Phi) is 5.00. The average Bonchev–Trinajstić information content (AvgIpc) is 2.82. The number of aryl methyl sites for hydroxylation is 1. The summed E-state index contributed by atoms with van der Waals surface area (Å²) in [5.74, 6) is 1.71. The summed E-state index contributed by atoms with van der Waals surface area (Å²) in [5, 5.41) is 4.42. The summed E-state index contributed by atoms with van der Waals surface area (Å²) < 4.78 is 7.27. The van der Waals surface area contributed by atoms with Crippen molar-refractivity contribution in [3.05, 3.63) is 47.3 Å². The van der Waals surface area contributed by atoms with Crippen LogP contribution in [0.2, 0.25) is 0 Å². The van der Waals surface area contributed by atoms with Crippen LogP contribution in [0.4, 0.5) is 0 Å². The minimum absolute atomic E-state index is 0.659. The van der Waals surface area contributed by atoms with Gasteiger partial charge >= 0.3 is 0 Å². The fourth-order valence-electron chi connectivity index (χ4n) is 4.51. The van der Waals surface area contributed by atoms with Gasteiger partial charge in [0, 0.05) is 57.1 Å². The van der Waals surface area contributed by atoms with Crippen molar-refractivity contribution in [3.63, 3.8) is 0 Å². The van der Waals surface area contributed by atoms with Gasteiger partial charge in [-0.25, -0.2) is 0 Å². The number of piperidine rings is 1. The lowest BCUT2D eigenvalue weighted by Gasteiger charge is -2.36. The highest BCUT2D eigenvalue weighted by atomic mass is 16.5. The summed E-state index contributed by atoms with van der Waals surface area (Å²) in [4.78, 5) is 5.35. The fraction of sp³-hybridized carbons (Fsp3) is 0.571. The van der Waals surface area contributed by atoms with Gasteiger partial charge in [-0.3, -0.25) is 14.5 Å². The van der Waals surface area contributed by atoms with E-state index in [4.69, 9.17) is 4.74 Å². The van der Waals surface area contributed by atoms with E-state index in [9.17, 15) is 0 Å². The van der Waals surface area contributed by atoms with E-state index in [1.54, 1.807) is 7.11 Å². The van der Waals surface area contributed by atoms with Gasteiger partial charge in [0.2, 0.25) is 0 Å². The minimum Gasteiger partial charge on any atom is -0.497 e. The molecule has 3 aliphatic heterocycles. The third-order valence-corrected chi connectivity index (χ3v) is 6.18. The SMILES string of the molecule is COc1ccc(CN2C[C@@H]3CC[C@H](C2)N(Cc2cnn(C)c2C)C3)cc1. The highest BCUT2D eigenvalue weighted by Gasteiger charge is 2.34. The number of nitrogens with zero attached hydrogens (tertiary/aromatic N) is 4. The Morgan fingerprint density at radius 3 is 2.58 bits per heavy atom. The van der Waals surface area contributed by atoms with Crippen LogP contribution in [-0.4, -0.2) is 52.4 Å². The lowest BCUT2D eigenvalue weighted by Crippen LogP contribution is -2.43. The van der Waals surface area contributed by atoms with Crippen LogP contribution >= 0.6 is 0 Å². The van der Waals surface area contributed by atoms with Gasteiger partial charge in [0.25, 0.3) is 0 Å². The number of ether oxygens (including phenoxy) is 1. The van der Waals surface area contributed by atoms with Crippen LogP contribution in [0.1, 0.15) is 29.7 Å². The Hall–Kier alpha value is -1.85. The van der Waals surface area contributed by atoms with Gasteiger partial charge in [0.1, 0.15) is 5.75 Å². The molecule has 0 unspecified atom stereocenters. The van der Waals surface area contributed by atoms with Crippen molar-refractivity contribution < 1.29 is 4.74 Å². The van der Waals surface area contributed by atoms with E-state index < -0.39 is 0 Å². The smallest absolute Gasteiger partial charge is 0.118 e. The van der Waals surface area contributed by atoms with Gasteiger partial charge in [-0.1, -0.05) is 12.1 Å². The Morgan fingerprint density at radius 2 is 1.88 bits per heavy atom. The van der Waals surface area contributed by atoms with Crippen molar-refractivity contribution in [2.24, 2.45) is 13.0 Å². The molecule has 5 nitrogen and oxygen atoms in total. The summed E-state index contributed by atoms with van der Waals surface area (Å²) in [6, 6.07) is 9.19. The highest BCUT2D eigenvalue weighted by molar-refractivity contribution is 5.27. The molecule has 1 aromatic carbocycles. The number of aromatic nitrogens is 2. The van der Waals surface area contributed by atoms with Gasteiger partial charge in [0.05, 0.1) is 13.3 Å². The average molecular weight is 354 g/mol. The van der Waals surface area contributed by atoms with Crippen LogP contribution in [-0.2, 0) is 20.1 Å². The zero-order valence-corrected chi connectivity index (χ0v) is 16.2. The second kappa shape index (κ2) is 7.41. The van der Waals surface area contributed by atoms with Gasteiger partial charge < -0.3 is 4.74 Å². The number of methoxy groups -OCH3 is 1.